The maximum atomic E-state index is 12.4. The third-order valence-electron chi connectivity index (χ3n) is 4.34. The molecule has 2 fully saturated rings. The van der Waals surface area contributed by atoms with E-state index >= 15 is 0 Å². The second-order valence-corrected chi connectivity index (χ2v) is 8.59. The van der Waals surface area contributed by atoms with Crippen molar-refractivity contribution in [1.82, 2.24) is 9.80 Å². The van der Waals surface area contributed by atoms with Crippen LogP contribution in [0.25, 0.3) is 6.08 Å². The van der Waals surface area contributed by atoms with Gasteiger partial charge in [0.15, 0.2) is 0 Å². The van der Waals surface area contributed by atoms with E-state index in [0.29, 0.717) is 23.9 Å². The van der Waals surface area contributed by atoms with Gasteiger partial charge in [-0.2, -0.15) is 0 Å². The van der Waals surface area contributed by atoms with E-state index in [4.69, 9.17) is 0 Å². The number of hydrogen-bond donors (Lipinski definition) is 0. The molecule has 1 aromatic rings. The molecule has 0 saturated carbocycles. The zero-order valence-electron chi connectivity index (χ0n) is 13.8. The number of carbonyl (C=O) groups is 3. The zero-order valence-corrected chi connectivity index (χ0v) is 15.4. The number of nitrogens with zero attached hydrogens (tertiary/aromatic N) is 2. The minimum Gasteiger partial charge on any atom is -0.341 e. The normalized spacial score (nSPS) is 21.2. The Labute approximate surface area is 149 Å². The van der Waals surface area contributed by atoms with E-state index in [9.17, 15) is 14.4 Å². The van der Waals surface area contributed by atoms with Gasteiger partial charge in [-0.25, -0.2) is 0 Å². The Hall–Kier alpha value is -1.60. The van der Waals surface area contributed by atoms with Crippen molar-refractivity contribution >= 4 is 46.2 Å². The fourth-order valence-electron chi connectivity index (χ4n) is 2.79. The molecule has 128 valence electrons. The predicted octanol–water partition coefficient (Wildman–Crippen LogP) is 3.35. The van der Waals surface area contributed by atoms with Gasteiger partial charge in [0.2, 0.25) is 5.91 Å². The summed E-state index contributed by atoms with van der Waals surface area (Å²) in [4.78, 5) is 42.2. The number of rotatable bonds is 3. The van der Waals surface area contributed by atoms with E-state index < -0.39 is 0 Å². The molecule has 0 bridgehead atoms. The van der Waals surface area contributed by atoms with Gasteiger partial charge in [0.25, 0.3) is 11.1 Å². The Kier molecular flexibility index (Phi) is 5.10. The molecule has 0 aromatic carbocycles. The van der Waals surface area contributed by atoms with Crippen molar-refractivity contribution < 1.29 is 14.4 Å². The lowest BCUT2D eigenvalue weighted by Gasteiger charge is -2.31. The van der Waals surface area contributed by atoms with Crippen LogP contribution in [0.5, 0.6) is 0 Å². The minimum atomic E-state index is -0.366. The van der Waals surface area contributed by atoms with Gasteiger partial charge in [-0.1, -0.05) is 6.92 Å². The average Bonchev–Trinajstić information content (AvgIpc) is 3.06. The highest BCUT2D eigenvalue weighted by atomic mass is 32.2. The van der Waals surface area contributed by atoms with Gasteiger partial charge in [0.1, 0.15) is 6.54 Å². The first-order valence-corrected chi connectivity index (χ1v) is 9.67. The van der Waals surface area contributed by atoms with Crippen molar-refractivity contribution in [3.05, 3.63) is 26.8 Å². The molecule has 3 amide bonds. The number of hydrogen-bond acceptors (Lipinski definition) is 5. The van der Waals surface area contributed by atoms with Crippen LogP contribution in [0.3, 0.4) is 0 Å². The lowest BCUT2D eigenvalue weighted by atomic mass is 9.99. The molecule has 0 radical (unpaired) electrons. The highest BCUT2D eigenvalue weighted by Crippen LogP contribution is 2.33. The number of amides is 3. The van der Waals surface area contributed by atoms with Gasteiger partial charge < -0.3 is 4.90 Å². The van der Waals surface area contributed by atoms with Gasteiger partial charge in [0.05, 0.1) is 4.91 Å². The number of imide groups is 1. The Morgan fingerprint density at radius 1 is 1.29 bits per heavy atom. The summed E-state index contributed by atoms with van der Waals surface area (Å²) in [6.45, 7) is 5.43. The minimum absolute atomic E-state index is 0.141. The van der Waals surface area contributed by atoms with Crippen LogP contribution in [0, 0.1) is 12.8 Å². The summed E-state index contributed by atoms with van der Waals surface area (Å²) < 4.78 is 0. The smallest absolute Gasteiger partial charge is 0.294 e. The first-order valence-electron chi connectivity index (χ1n) is 8.03. The molecule has 3 rings (SSSR count). The largest absolute Gasteiger partial charge is 0.341 e. The molecule has 7 heteroatoms. The van der Waals surface area contributed by atoms with Crippen LogP contribution in [-0.2, 0) is 9.59 Å². The number of aryl methyl sites for hydroxylation is 1. The third kappa shape index (κ3) is 3.72. The maximum Gasteiger partial charge on any atom is 0.294 e. The van der Waals surface area contributed by atoms with E-state index in [-0.39, 0.29) is 23.6 Å². The van der Waals surface area contributed by atoms with Gasteiger partial charge in [-0.05, 0) is 55.7 Å². The molecule has 2 aliphatic heterocycles. The van der Waals surface area contributed by atoms with Crippen LogP contribution in [0.2, 0.25) is 0 Å². The Morgan fingerprint density at radius 2 is 2.00 bits per heavy atom. The molecule has 1 aromatic heterocycles. The highest BCUT2D eigenvalue weighted by molar-refractivity contribution is 8.18. The van der Waals surface area contributed by atoms with E-state index in [2.05, 4.69) is 6.92 Å². The van der Waals surface area contributed by atoms with Crippen molar-refractivity contribution in [1.29, 1.82) is 0 Å². The van der Waals surface area contributed by atoms with Gasteiger partial charge in [-0.15, -0.1) is 11.3 Å². The Morgan fingerprint density at radius 3 is 2.62 bits per heavy atom. The third-order valence-corrected chi connectivity index (χ3v) is 6.19. The highest BCUT2D eigenvalue weighted by Gasteiger charge is 2.37. The fraction of sp³-hybridized carbons (Fsp3) is 0.471. The van der Waals surface area contributed by atoms with Crippen molar-refractivity contribution in [2.45, 2.75) is 26.7 Å². The van der Waals surface area contributed by atoms with Crippen molar-refractivity contribution in [2.75, 3.05) is 19.6 Å². The zero-order chi connectivity index (χ0) is 17.3. The number of thioether (sulfide) groups is 1. The molecule has 3 heterocycles. The van der Waals surface area contributed by atoms with Crippen LogP contribution in [0.4, 0.5) is 4.79 Å². The second-order valence-electron chi connectivity index (χ2n) is 6.28. The molecular weight excluding hydrogens is 344 g/mol. The first kappa shape index (κ1) is 17.2. The molecule has 0 unspecified atom stereocenters. The standard InChI is InChI=1S/C17H20N2O3S2/c1-11-5-7-18(8-6-11)15(20)10-19-16(21)14(24-17(19)22)9-13-4-3-12(2)23-13/h3-4,9,11H,5-8,10H2,1-2H3/b14-9+. The molecule has 5 nitrogen and oxygen atoms in total. The molecule has 0 aliphatic carbocycles. The first-order chi connectivity index (χ1) is 11.4. The second kappa shape index (κ2) is 7.11. The number of carbonyl (C=O) groups excluding carboxylic acids is 3. The van der Waals surface area contributed by atoms with Crippen molar-refractivity contribution in [2.24, 2.45) is 5.92 Å². The summed E-state index contributed by atoms with van der Waals surface area (Å²) in [7, 11) is 0. The molecular formula is C17H20N2O3S2. The topological polar surface area (TPSA) is 57.7 Å². The maximum absolute atomic E-state index is 12.4. The molecule has 2 saturated heterocycles. The average molecular weight is 364 g/mol. The molecule has 0 atom stereocenters. The van der Waals surface area contributed by atoms with Crippen LogP contribution in [0.1, 0.15) is 29.5 Å². The summed E-state index contributed by atoms with van der Waals surface area (Å²) in [5.74, 6) is 0.121. The van der Waals surface area contributed by atoms with Crippen LogP contribution in [-0.4, -0.2) is 46.5 Å². The quantitative estimate of drug-likeness (QED) is 0.772. The summed E-state index contributed by atoms with van der Waals surface area (Å²) in [6.07, 6.45) is 3.69. The van der Waals surface area contributed by atoms with E-state index in [1.807, 2.05) is 19.1 Å². The summed E-state index contributed by atoms with van der Waals surface area (Å²) in [6, 6.07) is 3.90. The number of thiophene rings is 1. The van der Waals surface area contributed by atoms with Crippen LogP contribution in [0.15, 0.2) is 17.0 Å². The van der Waals surface area contributed by atoms with E-state index in [0.717, 1.165) is 39.3 Å². The summed E-state index contributed by atoms with van der Waals surface area (Å²) >= 11 is 2.48. The SMILES string of the molecule is Cc1ccc(/C=C2/SC(=O)N(CC(=O)N3CCC(C)CC3)C2=O)s1. The Bertz CT molecular complexity index is 702. The number of piperidine rings is 1. The molecule has 0 spiro atoms. The van der Waals surface area contributed by atoms with Crippen molar-refractivity contribution in [3.63, 3.8) is 0 Å². The van der Waals surface area contributed by atoms with Gasteiger partial charge in [0, 0.05) is 22.8 Å². The van der Waals surface area contributed by atoms with Gasteiger partial charge in [-0.3, -0.25) is 19.3 Å². The van der Waals surface area contributed by atoms with Crippen molar-refractivity contribution in [3.8, 4) is 0 Å². The lowest BCUT2D eigenvalue weighted by molar-refractivity contribution is -0.136. The van der Waals surface area contributed by atoms with Crippen LogP contribution >= 0.6 is 23.1 Å². The van der Waals surface area contributed by atoms with Gasteiger partial charge >= 0.3 is 0 Å². The molecule has 24 heavy (non-hydrogen) atoms. The molecule has 0 N–H and O–H groups in total. The molecule has 2 aliphatic rings. The fourth-order valence-corrected chi connectivity index (χ4v) is 4.51. The predicted molar refractivity (Wildman–Crippen MR) is 96.7 cm³/mol. The van der Waals surface area contributed by atoms with E-state index in [1.165, 1.54) is 0 Å². The van der Waals surface area contributed by atoms with E-state index in [1.54, 1.807) is 22.3 Å². The lowest BCUT2D eigenvalue weighted by Crippen LogP contribution is -2.45. The summed E-state index contributed by atoms with van der Waals surface area (Å²) in [5.41, 5.74) is 0. The Balaban J connectivity index is 1.66. The summed E-state index contributed by atoms with van der Waals surface area (Å²) in [5, 5.41) is -0.363. The van der Waals surface area contributed by atoms with Crippen LogP contribution < -0.4 is 0 Å². The number of likely N-dealkylation sites (tertiary alicyclic amines) is 1. The monoisotopic (exact) mass is 364 g/mol.